The molecule has 10 heteroatoms. The fourth-order valence-electron chi connectivity index (χ4n) is 3.29. The van der Waals surface area contributed by atoms with E-state index in [9.17, 15) is 9.59 Å². The molecule has 0 atom stereocenters. The maximum atomic E-state index is 12.3. The van der Waals surface area contributed by atoms with E-state index < -0.39 is 0 Å². The van der Waals surface area contributed by atoms with Gasteiger partial charge in [-0.3, -0.25) is 19.4 Å². The van der Waals surface area contributed by atoms with Crippen LogP contribution in [0, 0.1) is 13.8 Å². The predicted octanol–water partition coefficient (Wildman–Crippen LogP) is 2.63. The molecule has 1 amide bonds. The largest absolute Gasteiger partial charge is 0.492 e. The standard InChI is InChI=1S/C20H25N5O3.2ClH/c1-12-16(13(2)22-19-18(12)20(27)24-25(19)3)8-9-17(26)23-14-4-6-15(7-5-14)28-11-10-21;;/h4-7H,8-11,21H2,1-3H3,(H,23,26)(H,24,27);2*1H. The second kappa shape index (κ2) is 11.0. The molecule has 0 unspecified atom stereocenters. The number of aryl methyl sites for hydroxylation is 3. The lowest BCUT2D eigenvalue weighted by molar-refractivity contribution is -0.116. The van der Waals surface area contributed by atoms with Gasteiger partial charge in [0.2, 0.25) is 5.91 Å². The van der Waals surface area contributed by atoms with Gasteiger partial charge in [0, 0.05) is 31.4 Å². The molecule has 0 fully saturated rings. The fourth-order valence-corrected chi connectivity index (χ4v) is 3.29. The molecule has 1 aromatic carbocycles. The lowest BCUT2D eigenvalue weighted by Crippen LogP contribution is -2.14. The number of rotatable bonds is 7. The Balaban J connectivity index is 0.00000225. The van der Waals surface area contributed by atoms with Crippen LogP contribution in [0.4, 0.5) is 5.69 Å². The van der Waals surface area contributed by atoms with Crippen molar-refractivity contribution in [3.05, 3.63) is 51.4 Å². The van der Waals surface area contributed by atoms with Gasteiger partial charge in [-0.2, -0.15) is 0 Å². The molecule has 4 N–H and O–H groups in total. The first-order valence-electron chi connectivity index (χ1n) is 9.18. The number of pyridine rings is 1. The summed E-state index contributed by atoms with van der Waals surface area (Å²) in [4.78, 5) is 29.0. The van der Waals surface area contributed by atoms with Crippen molar-refractivity contribution in [2.45, 2.75) is 26.7 Å². The highest BCUT2D eigenvalue weighted by Crippen LogP contribution is 2.21. The number of aromatic nitrogens is 3. The van der Waals surface area contributed by atoms with Gasteiger partial charge in [0.15, 0.2) is 5.65 Å². The van der Waals surface area contributed by atoms with E-state index in [4.69, 9.17) is 10.5 Å². The Morgan fingerprint density at radius 2 is 1.90 bits per heavy atom. The van der Waals surface area contributed by atoms with E-state index >= 15 is 0 Å². The van der Waals surface area contributed by atoms with Crippen LogP contribution in [0.15, 0.2) is 29.1 Å². The number of hydrogen-bond acceptors (Lipinski definition) is 5. The van der Waals surface area contributed by atoms with E-state index in [2.05, 4.69) is 15.4 Å². The summed E-state index contributed by atoms with van der Waals surface area (Å²) in [5.74, 6) is 0.610. The molecule has 0 aliphatic carbocycles. The number of amides is 1. The summed E-state index contributed by atoms with van der Waals surface area (Å²) in [6.45, 7) is 4.70. The number of nitrogens with two attached hydrogens (primary N) is 1. The third-order valence-corrected chi connectivity index (χ3v) is 4.70. The molecule has 0 saturated carbocycles. The Morgan fingerprint density at radius 1 is 1.23 bits per heavy atom. The number of nitrogens with zero attached hydrogens (tertiary/aromatic N) is 2. The second-order valence-corrected chi connectivity index (χ2v) is 6.71. The highest BCUT2D eigenvalue weighted by Gasteiger charge is 2.16. The molecule has 0 aliphatic heterocycles. The van der Waals surface area contributed by atoms with Crippen molar-refractivity contribution in [1.82, 2.24) is 14.8 Å². The van der Waals surface area contributed by atoms with Crippen LogP contribution in [-0.2, 0) is 18.3 Å². The van der Waals surface area contributed by atoms with Gasteiger partial charge in [-0.1, -0.05) is 0 Å². The molecule has 30 heavy (non-hydrogen) atoms. The number of carbonyl (C=O) groups excluding carboxylic acids is 1. The zero-order valence-electron chi connectivity index (χ0n) is 17.2. The van der Waals surface area contributed by atoms with Crippen molar-refractivity contribution >= 4 is 47.4 Å². The van der Waals surface area contributed by atoms with E-state index in [1.54, 1.807) is 36.0 Å². The summed E-state index contributed by atoms with van der Waals surface area (Å²) in [7, 11) is 1.76. The normalized spacial score (nSPS) is 10.3. The SMILES string of the molecule is Cc1nc2c(c(C)c1CCC(=O)Nc1ccc(OCCN)cc1)c(=O)[nH]n2C.Cl.Cl. The minimum absolute atomic E-state index is 0. The van der Waals surface area contributed by atoms with Crippen LogP contribution in [0.25, 0.3) is 11.0 Å². The number of nitrogens with one attached hydrogen (secondary N) is 2. The number of fused-ring (bicyclic) bond motifs is 1. The zero-order valence-corrected chi connectivity index (χ0v) is 18.8. The third kappa shape index (κ3) is 5.53. The van der Waals surface area contributed by atoms with Crippen molar-refractivity contribution in [1.29, 1.82) is 0 Å². The lowest BCUT2D eigenvalue weighted by atomic mass is 10.00. The number of hydrogen-bond donors (Lipinski definition) is 3. The molecule has 0 saturated heterocycles. The van der Waals surface area contributed by atoms with Gasteiger partial charge in [-0.25, -0.2) is 4.98 Å². The molecule has 2 aromatic heterocycles. The Hall–Kier alpha value is -2.55. The van der Waals surface area contributed by atoms with Crippen molar-refractivity contribution in [2.75, 3.05) is 18.5 Å². The fraction of sp³-hybridized carbons (Fsp3) is 0.350. The Labute approximate surface area is 187 Å². The molecule has 0 bridgehead atoms. The van der Waals surface area contributed by atoms with Crippen LogP contribution in [0.1, 0.15) is 23.2 Å². The maximum absolute atomic E-state index is 12.3. The summed E-state index contributed by atoms with van der Waals surface area (Å²) in [5.41, 5.74) is 9.21. The number of benzene rings is 1. The summed E-state index contributed by atoms with van der Waals surface area (Å²) < 4.78 is 7.04. The van der Waals surface area contributed by atoms with E-state index in [0.717, 1.165) is 16.8 Å². The Morgan fingerprint density at radius 3 is 2.53 bits per heavy atom. The average Bonchev–Trinajstić information content (AvgIpc) is 2.94. The predicted molar refractivity (Wildman–Crippen MR) is 123 cm³/mol. The zero-order chi connectivity index (χ0) is 20.3. The summed E-state index contributed by atoms with van der Waals surface area (Å²) in [6, 6.07) is 7.16. The van der Waals surface area contributed by atoms with E-state index in [1.807, 2.05) is 13.8 Å². The molecule has 2 heterocycles. The number of halogens is 2. The van der Waals surface area contributed by atoms with Crippen LogP contribution in [0.3, 0.4) is 0 Å². The van der Waals surface area contributed by atoms with E-state index in [0.29, 0.717) is 48.5 Å². The number of carbonyl (C=O) groups is 1. The lowest BCUT2D eigenvalue weighted by Gasteiger charge is -2.11. The van der Waals surface area contributed by atoms with Gasteiger partial charge in [0.05, 0.1) is 5.39 Å². The topological polar surface area (TPSA) is 115 Å². The van der Waals surface area contributed by atoms with Gasteiger partial charge in [0.1, 0.15) is 12.4 Å². The third-order valence-electron chi connectivity index (χ3n) is 4.70. The highest BCUT2D eigenvalue weighted by molar-refractivity contribution is 5.91. The van der Waals surface area contributed by atoms with Gasteiger partial charge >= 0.3 is 0 Å². The molecule has 0 aliphatic rings. The summed E-state index contributed by atoms with van der Waals surface area (Å²) >= 11 is 0. The van der Waals surface area contributed by atoms with Gasteiger partial charge in [0.25, 0.3) is 5.56 Å². The minimum atomic E-state index is -0.162. The first-order chi connectivity index (χ1) is 13.4. The van der Waals surface area contributed by atoms with Crippen LogP contribution >= 0.6 is 24.8 Å². The van der Waals surface area contributed by atoms with Crippen LogP contribution in [0.2, 0.25) is 0 Å². The van der Waals surface area contributed by atoms with E-state index in [1.165, 1.54) is 0 Å². The molecular formula is C20H27Cl2N5O3. The molecule has 8 nitrogen and oxygen atoms in total. The average molecular weight is 456 g/mol. The summed E-state index contributed by atoms with van der Waals surface area (Å²) in [6.07, 6.45) is 0.809. The molecular weight excluding hydrogens is 429 g/mol. The van der Waals surface area contributed by atoms with Crippen molar-refractivity contribution in [3.63, 3.8) is 0 Å². The van der Waals surface area contributed by atoms with Gasteiger partial charge in [-0.05, 0) is 55.7 Å². The van der Waals surface area contributed by atoms with Crippen LogP contribution in [-0.4, -0.2) is 33.8 Å². The molecule has 3 aromatic rings. The second-order valence-electron chi connectivity index (χ2n) is 6.71. The smallest absolute Gasteiger partial charge is 0.273 e. The molecule has 164 valence electrons. The van der Waals surface area contributed by atoms with Gasteiger partial charge < -0.3 is 15.8 Å². The first-order valence-corrected chi connectivity index (χ1v) is 9.18. The number of H-pyrrole nitrogens is 1. The van der Waals surface area contributed by atoms with E-state index in [-0.39, 0.29) is 36.3 Å². The van der Waals surface area contributed by atoms with Crippen LogP contribution in [0.5, 0.6) is 5.75 Å². The van der Waals surface area contributed by atoms with Crippen molar-refractivity contribution in [2.24, 2.45) is 12.8 Å². The number of anilines is 1. The Kier molecular flexibility index (Phi) is 9.35. The first kappa shape index (κ1) is 25.5. The Bertz CT molecular complexity index is 1060. The van der Waals surface area contributed by atoms with Crippen molar-refractivity contribution in [3.8, 4) is 5.75 Å². The molecule has 0 spiro atoms. The van der Waals surface area contributed by atoms with Crippen LogP contribution < -0.4 is 21.3 Å². The number of ether oxygens (including phenoxy) is 1. The summed E-state index contributed by atoms with van der Waals surface area (Å²) in [5, 5.41) is 6.18. The monoisotopic (exact) mass is 455 g/mol. The maximum Gasteiger partial charge on any atom is 0.273 e. The van der Waals surface area contributed by atoms with Gasteiger partial charge in [-0.15, -0.1) is 24.8 Å². The molecule has 0 radical (unpaired) electrons. The number of aromatic amines is 1. The highest BCUT2D eigenvalue weighted by atomic mass is 35.5. The van der Waals surface area contributed by atoms with Crippen molar-refractivity contribution < 1.29 is 9.53 Å². The molecule has 3 rings (SSSR count). The minimum Gasteiger partial charge on any atom is -0.492 e. The quantitative estimate of drug-likeness (QED) is 0.506.